The van der Waals surface area contributed by atoms with Crippen LogP contribution in [0.5, 0.6) is 0 Å². The maximum atomic E-state index is 5.83. The smallest absolute Gasteiger partial charge is 0.136 e. The minimum Gasteiger partial charge on any atom is -0.389 e. The van der Waals surface area contributed by atoms with E-state index >= 15 is 0 Å². The Balaban J connectivity index is 1.83. The van der Waals surface area contributed by atoms with Crippen LogP contribution in [0.25, 0.3) is 0 Å². The molecule has 1 aromatic heterocycles. The third-order valence-electron chi connectivity index (χ3n) is 3.73. The molecule has 0 spiro atoms. The minimum atomic E-state index is 0.316. The summed E-state index contributed by atoms with van der Waals surface area (Å²) in [6, 6.07) is 4.20. The highest BCUT2D eigenvalue weighted by Gasteiger charge is 2.41. The number of hydrogen-bond acceptors (Lipinski definition) is 4. The zero-order valence-electron chi connectivity index (χ0n) is 10.3. The molecular formula is C13H17N3OS. The van der Waals surface area contributed by atoms with Crippen molar-refractivity contribution in [1.82, 2.24) is 4.98 Å². The summed E-state index contributed by atoms with van der Waals surface area (Å²) in [4.78, 5) is 4.89. The predicted octanol–water partition coefficient (Wildman–Crippen LogP) is 1.76. The van der Waals surface area contributed by atoms with E-state index in [4.69, 9.17) is 22.7 Å². The molecule has 2 bridgehead atoms. The molecule has 5 heteroatoms. The molecule has 0 saturated carbocycles. The molecule has 3 rings (SSSR count). The van der Waals surface area contributed by atoms with Crippen molar-refractivity contribution >= 4 is 23.0 Å². The molecule has 0 aromatic carbocycles. The zero-order chi connectivity index (χ0) is 12.7. The largest absolute Gasteiger partial charge is 0.389 e. The molecule has 3 N–H and O–H groups in total. The Kier molecular flexibility index (Phi) is 2.95. The highest BCUT2D eigenvalue weighted by atomic mass is 32.1. The van der Waals surface area contributed by atoms with Gasteiger partial charge in [0.1, 0.15) is 10.8 Å². The first-order valence-electron chi connectivity index (χ1n) is 6.33. The molecule has 0 radical (unpaired) electrons. The van der Waals surface area contributed by atoms with Gasteiger partial charge in [0.2, 0.25) is 0 Å². The number of fused-ring (bicyclic) bond motifs is 2. The van der Waals surface area contributed by atoms with Crippen LogP contribution in [0.3, 0.4) is 0 Å². The van der Waals surface area contributed by atoms with Crippen molar-refractivity contribution in [2.45, 2.75) is 44.4 Å². The van der Waals surface area contributed by atoms with Crippen LogP contribution in [0, 0.1) is 6.92 Å². The Morgan fingerprint density at radius 1 is 1.50 bits per heavy atom. The SMILES string of the molecule is Cc1ccc(C(N)=S)c(NC2CC3CCC2O3)n1. The number of thiocarbonyl (C=S) groups is 1. The second-order valence-electron chi connectivity index (χ2n) is 5.07. The maximum Gasteiger partial charge on any atom is 0.136 e. The van der Waals surface area contributed by atoms with E-state index in [1.165, 1.54) is 6.42 Å². The Bertz CT molecular complexity index is 491. The summed E-state index contributed by atoms with van der Waals surface area (Å²) in [5, 5.41) is 3.46. The molecule has 3 atom stereocenters. The van der Waals surface area contributed by atoms with Crippen LogP contribution < -0.4 is 11.1 Å². The molecule has 2 aliphatic rings. The second-order valence-corrected chi connectivity index (χ2v) is 5.51. The van der Waals surface area contributed by atoms with Crippen LogP contribution in [-0.4, -0.2) is 28.2 Å². The first-order chi connectivity index (χ1) is 8.63. The van der Waals surface area contributed by atoms with Crippen LogP contribution in [0.4, 0.5) is 5.82 Å². The number of aromatic nitrogens is 1. The molecule has 1 aromatic rings. The summed E-state index contributed by atoms with van der Waals surface area (Å²) in [6.07, 6.45) is 4.11. The minimum absolute atomic E-state index is 0.316. The van der Waals surface area contributed by atoms with Crippen LogP contribution >= 0.6 is 12.2 Å². The van der Waals surface area contributed by atoms with Gasteiger partial charge in [0.15, 0.2) is 0 Å². The van der Waals surface area contributed by atoms with Crippen LogP contribution in [-0.2, 0) is 4.74 Å². The quantitative estimate of drug-likeness (QED) is 0.814. The molecule has 4 nitrogen and oxygen atoms in total. The van der Waals surface area contributed by atoms with Crippen molar-refractivity contribution in [1.29, 1.82) is 0 Å². The lowest BCUT2D eigenvalue weighted by atomic mass is 9.95. The van der Waals surface area contributed by atoms with Crippen molar-refractivity contribution in [3.8, 4) is 0 Å². The van der Waals surface area contributed by atoms with Gasteiger partial charge in [0, 0.05) is 5.69 Å². The molecule has 96 valence electrons. The maximum absolute atomic E-state index is 5.83. The van der Waals surface area contributed by atoms with Crippen molar-refractivity contribution in [3.05, 3.63) is 23.4 Å². The van der Waals surface area contributed by atoms with Gasteiger partial charge in [-0.1, -0.05) is 12.2 Å². The van der Waals surface area contributed by atoms with E-state index in [2.05, 4.69) is 10.3 Å². The number of hydrogen-bond donors (Lipinski definition) is 2. The molecule has 0 amide bonds. The van der Waals surface area contributed by atoms with Crippen molar-refractivity contribution in [3.63, 3.8) is 0 Å². The van der Waals surface area contributed by atoms with Gasteiger partial charge in [-0.15, -0.1) is 0 Å². The number of ether oxygens (including phenoxy) is 1. The average molecular weight is 263 g/mol. The summed E-state index contributed by atoms with van der Waals surface area (Å²) < 4.78 is 5.83. The fourth-order valence-corrected chi connectivity index (χ4v) is 3.00. The monoisotopic (exact) mass is 263 g/mol. The number of rotatable bonds is 3. The summed E-state index contributed by atoms with van der Waals surface area (Å²) in [7, 11) is 0. The third kappa shape index (κ3) is 2.08. The van der Waals surface area contributed by atoms with Gasteiger partial charge in [-0.3, -0.25) is 0 Å². The Hall–Kier alpha value is -1.20. The van der Waals surface area contributed by atoms with Gasteiger partial charge in [-0.2, -0.15) is 0 Å². The fraction of sp³-hybridized carbons (Fsp3) is 0.538. The van der Waals surface area contributed by atoms with Gasteiger partial charge >= 0.3 is 0 Å². The van der Waals surface area contributed by atoms with Crippen molar-refractivity contribution in [2.75, 3.05) is 5.32 Å². The van der Waals surface area contributed by atoms with Crippen LogP contribution in [0.15, 0.2) is 12.1 Å². The predicted molar refractivity (Wildman–Crippen MR) is 74.8 cm³/mol. The molecule has 3 unspecified atom stereocenters. The van der Waals surface area contributed by atoms with Crippen molar-refractivity contribution in [2.24, 2.45) is 5.73 Å². The number of aryl methyl sites for hydroxylation is 1. The molecule has 2 saturated heterocycles. The fourth-order valence-electron chi connectivity index (χ4n) is 2.83. The van der Waals surface area contributed by atoms with E-state index in [9.17, 15) is 0 Å². The first kappa shape index (κ1) is 11.9. The average Bonchev–Trinajstić information content (AvgIpc) is 2.90. The summed E-state index contributed by atoms with van der Waals surface area (Å²) >= 11 is 5.07. The lowest BCUT2D eigenvalue weighted by Crippen LogP contribution is -2.32. The normalized spacial score (nSPS) is 29.5. The Morgan fingerprint density at radius 3 is 2.94 bits per heavy atom. The second kappa shape index (κ2) is 4.48. The van der Waals surface area contributed by atoms with E-state index in [0.717, 1.165) is 29.9 Å². The lowest BCUT2D eigenvalue weighted by molar-refractivity contribution is 0.102. The van der Waals surface area contributed by atoms with E-state index in [1.807, 2.05) is 19.1 Å². The number of nitrogens with one attached hydrogen (secondary N) is 1. The van der Waals surface area contributed by atoms with E-state index in [1.54, 1.807) is 0 Å². The number of pyridine rings is 1. The first-order valence-corrected chi connectivity index (χ1v) is 6.74. The van der Waals surface area contributed by atoms with E-state index < -0.39 is 0 Å². The molecule has 2 aliphatic heterocycles. The number of anilines is 1. The molecule has 3 heterocycles. The molecule has 0 aliphatic carbocycles. The molecular weight excluding hydrogens is 246 g/mol. The van der Waals surface area contributed by atoms with E-state index in [-0.39, 0.29) is 0 Å². The standard InChI is InChI=1S/C13H17N3OS/c1-7-2-4-9(12(14)18)13(15-7)16-10-6-8-3-5-11(10)17-8/h2,4,8,10-11H,3,5-6H2,1H3,(H2,14,18)(H,15,16). The summed E-state index contributed by atoms with van der Waals surface area (Å²) in [6.45, 7) is 1.96. The lowest BCUT2D eigenvalue weighted by Gasteiger charge is -2.22. The van der Waals surface area contributed by atoms with Crippen LogP contribution in [0.1, 0.15) is 30.5 Å². The molecule has 2 fully saturated rings. The highest BCUT2D eigenvalue weighted by molar-refractivity contribution is 7.80. The van der Waals surface area contributed by atoms with Gasteiger partial charge in [0.05, 0.1) is 23.8 Å². The van der Waals surface area contributed by atoms with Crippen molar-refractivity contribution < 1.29 is 4.74 Å². The number of nitrogens with zero attached hydrogens (tertiary/aromatic N) is 1. The Labute approximate surface area is 112 Å². The Morgan fingerprint density at radius 2 is 2.33 bits per heavy atom. The topological polar surface area (TPSA) is 60.2 Å². The van der Waals surface area contributed by atoms with Crippen LogP contribution in [0.2, 0.25) is 0 Å². The highest BCUT2D eigenvalue weighted by Crippen LogP contribution is 2.36. The van der Waals surface area contributed by atoms with Gasteiger partial charge < -0.3 is 15.8 Å². The third-order valence-corrected chi connectivity index (χ3v) is 3.95. The van der Waals surface area contributed by atoms with E-state index in [0.29, 0.717) is 23.2 Å². The zero-order valence-corrected chi connectivity index (χ0v) is 11.2. The van der Waals surface area contributed by atoms with Gasteiger partial charge in [0.25, 0.3) is 0 Å². The molecule has 18 heavy (non-hydrogen) atoms. The van der Waals surface area contributed by atoms with Gasteiger partial charge in [-0.25, -0.2) is 4.98 Å². The van der Waals surface area contributed by atoms with Gasteiger partial charge in [-0.05, 0) is 38.3 Å². The summed E-state index contributed by atoms with van der Waals surface area (Å²) in [5.41, 5.74) is 7.51. The number of nitrogens with two attached hydrogens (primary N) is 1. The summed E-state index contributed by atoms with van der Waals surface area (Å²) in [5.74, 6) is 0.795.